The number of methoxy groups -OCH3 is 2. The fraction of sp³-hybridized carbons (Fsp3) is 0.278. The highest BCUT2D eigenvalue weighted by atomic mass is 19.1. The molecule has 0 aliphatic rings. The molecule has 24 heavy (non-hydrogen) atoms. The number of hydrogen-bond acceptors (Lipinski definition) is 4. The zero-order chi connectivity index (χ0) is 17.5. The van der Waals surface area contributed by atoms with Gasteiger partial charge >= 0.3 is 0 Å². The Balaban J connectivity index is 1.93. The molecule has 0 fully saturated rings. The molecule has 5 nitrogen and oxygen atoms in total. The Kier molecular flexibility index (Phi) is 6.14. The third-order valence-corrected chi connectivity index (χ3v) is 3.48. The summed E-state index contributed by atoms with van der Waals surface area (Å²) < 4.78 is 23.4. The van der Waals surface area contributed by atoms with Crippen molar-refractivity contribution in [3.63, 3.8) is 0 Å². The number of ether oxygens (including phenoxy) is 2. The third kappa shape index (κ3) is 4.96. The number of halogens is 1. The Hall–Kier alpha value is -2.60. The van der Waals surface area contributed by atoms with Crippen molar-refractivity contribution in [2.24, 2.45) is 0 Å². The van der Waals surface area contributed by atoms with Gasteiger partial charge in [0, 0.05) is 23.9 Å². The first kappa shape index (κ1) is 17.7. The molecule has 128 valence electrons. The molecular formula is C18H21FN2O3. The molecule has 2 aromatic carbocycles. The van der Waals surface area contributed by atoms with Crippen molar-refractivity contribution in [2.75, 3.05) is 33.1 Å². The van der Waals surface area contributed by atoms with Crippen LogP contribution < -0.4 is 14.8 Å². The minimum atomic E-state index is -0.336. The van der Waals surface area contributed by atoms with Gasteiger partial charge in [0.25, 0.3) is 0 Å². The Morgan fingerprint density at radius 2 is 1.83 bits per heavy atom. The van der Waals surface area contributed by atoms with Gasteiger partial charge in [-0.3, -0.25) is 9.69 Å². The lowest BCUT2D eigenvalue weighted by Gasteiger charge is -2.18. The smallest absolute Gasteiger partial charge is 0.238 e. The maximum Gasteiger partial charge on any atom is 0.238 e. The Bertz CT molecular complexity index is 689. The van der Waals surface area contributed by atoms with E-state index in [0.717, 1.165) is 5.56 Å². The highest BCUT2D eigenvalue weighted by molar-refractivity contribution is 5.92. The average molecular weight is 332 g/mol. The molecule has 0 bridgehead atoms. The van der Waals surface area contributed by atoms with Gasteiger partial charge in [0.2, 0.25) is 5.91 Å². The van der Waals surface area contributed by atoms with E-state index in [4.69, 9.17) is 9.47 Å². The summed E-state index contributed by atoms with van der Waals surface area (Å²) in [6, 6.07) is 11.2. The molecular weight excluding hydrogens is 311 g/mol. The molecule has 0 aliphatic heterocycles. The standard InChI is InChI=1S/C18H21FN2O3/c1-21(11-13-4-9-16(23-2)10-17(13)24-3)12-18(22)20-15-7-5-14(19)6-8-15/h4-10H,11-12H2,1-3H3,(H,20,22). The Morgan fingerprint density at radius 3 is 2.46 bits per heavy atom. The van der Waals surface area contributed by atoms with Crippen LogP contribution in [-0.4, -0.2) is 38.6 Å². The van der Waals surface area contributed by atoms with E-state index < -0.39 is 0 Å². The van der Waals surface area contributed by atoms with Gasteiger partial charge in [-0.15, -0.1) is 0 Å². The normalized spacial score (nSPS) is 10.5. The van der Waals surface area contributed by atoms with E-state index >= 15 is 0 Å². The number of anilines is 1. The number of amides is 1. The minimum Gasteiger partial charge on any atom is -0.497 e. The second kappa shape index (κ2) is 8.31. The lowest BCUT2D eigenvalue weighted by molar-refractivity contribution is -0.117. The van der Waals surface area contributed by atoms with Crippen LogP contribution in [0.25, 0.3) is 0 Å². The summed E-state index contributed by atoms with van der Waals surface area (Å²) in [5.74, 6) is 0.917. The van der Waals surface area contributed by atoms with Gasteiger partial charge < -0.3 is 14.8 Å². The first-order valence-electron chi connectivity index (χ1n) is 7.46. The van der Waals surface area contributed by atoms with Crippen LogP contribution in [0, 0.1) is 5.82 Å². The van der Waals surface area contributed by atoms with Crippen LogP contribution in [0.4, 0.5) is 10.1 Å². The first-order chi connectivity index (χ1) is 11.5. The van der Waals surface area contributed by atoms with E-state index in [9.17, 15) is 9.18 Å². The summed E-state index contributed by atoms with van der Waals surface area (Å²) in [7, 11) is 5.04. The molecule has 0 unspecified atom stereocenters. The fourth-order valence-electron chi connectivity index (χ4n) is 2.31. The molecule has 0 saturated heterocycles. The van der Waals surface area contributed by atoms with Crippen molar-refractivity contribution in [1.29, 1.82) is 0 Å². The number of nitrogens with one attached hydrogen (secondary N) is 1. The fourth-order valence-corrected chi connectivity index (χ4v) is 2.31. The monoisotopic (exact) mass is 332 g/mol. The Labute approximate surface area is 141 Å². The molecule has 2 rings (SSSR count). The maximum absolute atomic E-state index is 12.9. The van der Waals surface area contributed by atoms with Gasteiger partial charge in [-0.25, -0.2) is 4.39 Å². The molecule has 1 amide bonds. The van der Waals surface area contributed by atoms with Gasteiger partial charge in [-0.05, 0) is 37.4 Å². The van der Waals surface area contributed by atoms with Crippen LogP contribution in [0.3, 0.4) is 0 Å². The van der Waals surface area contributed by atoms with Crippen LogP contribution in [0.1, 0.15) is 5.56 Å². The van der Waals surface area contributed by atoms with Crippen molar-refractivity contribution in [3.05, 3.63) is 53.8 Å². The first-order valence-corrected chi connectivity index (χ1v) is 7.46. The third-order valence-electron chi connectivity index (χ3n) is 3.48. The summed E-state index contributed by atoms with van der Waals surface area (Å²) in [5.41, 5.74) is 1.52. The highest BCUT2D eigenvalue weighted by Crippen LogP contribution is 2.25. The molecule has 1 N–H and O–H groups in total. The minimum absolute atomic E-state index is 0.170. The topological polar surface area (TPSA) is 50.8 Å². The molecule has 6 heteroatoms. The number of benzene rings is 2. The van der Waals surface area contributed by atoms with E-state index in [1.165, 1.54) is 24.3 Å². The SMILES string of the molecule is COc1ccc(CN(C)CC(=O)Nc2ccc(F)cc2)c(OC)c1. The van der Waals surface area contributed by atoms with Crippen molar-refractivity contribution < 1.29 is 18.7 Å². The molecule has 0 aliphatic carbocycles. The van der Waals surface area contributed by atoms with Gasteiger partial charge in [0.05, 0.1) is 20.8 Å². The number of hydrogen-bond donors (Lipinski definition) is 1. The predicted molar refractivity (Wildman–Crippen MR) is 90.9 cm³/mol. The van der Waals surface area contributed by atoms with Crippen molar-refractivity contribution >= 4 is 11.6 Å². The van der Waals surface area contributed by atoms with Gasteiger partial charge in [-0.2, -0.15) is 0 Å². The average Bonchev–Trinajstić information content (AvgIpc) is 2.57. The van der Waals surface area contributed by atoms with Crippen LogP contribution >= 0.6 is 0 Å². The number of likely N-dealkylation sites (N-methyl/N-ethyl adjacent to an activating group) is 1. The zero-order valence-electron chi connectivity index (χ0n) is 14.0. The summed E-state index contributed by atoms with van der Waals surface area (Å²) in [4.78, 5) is 13.9. The largest absolute Gasteiger partial charge is 0.497 e. The highest BCUT2D eigenvalue weighted by Gasteiger charge is 2.11. The second-order valence-corrected chi connectivity index (χ2v) is 5.41. The summed E-state index contributed by atoms with van der Waals surface area (Å²) >= 11 is 0. The summed E-state index contributed by atoms with van der Waals surface area (Å²) in [5, 5.41) is 2.73. The van der Waals surface area contributed by atoms with Gasteiger partial charge in [-0.1, -0.05) is 6.07 Å². The van der Waals surface area contributed by atoms with E-state index in [2.05, 4.69) is 5.32 Å². The van der Waals surface area contributed by atoms with Crippen LogP contribution in [0.2, 0.25) is 0 Å². The maximum atomic E-state index is 12.9. The number of nitrogens with zero attached hydrogens (tertiary/aromatic N) is 1. The van der Waals surface area contributed by atoms with Crippen molar-refractivity contribution in [3.8, 4) is 11.5 Å². The van der Waals surface area contributed by atoms with Crippen molar-refractivity contribution in [1.82, 2.24) is 4.90 Å². The number of carbonyl (C=O) groups is 1. The quantitative estimate of drug-likeness (QED) is 0.847. The molecule has 0 spiro atoms. The lowest BCUT2D eigenvalue weighted by atomic mass is 10.2. The van der Waals surface area contributed by atoms with Crippen LogP contribution in [0.5, 0.6) is 11.5 Å². The van der Waals surface area contributed by atoms with Crippen molar-refractivity contribution in [2.45, 2.75) is 6.54 Å². The lowest BCUT2D eigenvalue weighted by Crippen LogP contribution is -2.30. The van der Waals surface area contributed by atoms with Gasteiger partial charge in [0.15, 0.2) is 0 Å². The predicted octanol–water partition coefficient (Wildman–Crippen LogP) is 2.91. The number of rotatable bonds is 7. The van der Waals surface area contributed by atoms with E-state index in [1.54, 1.807) is 14.2 Å². The molecule has 0 atom stereocenters. The molecule has 0 heterocycles. The van der Waals surface area contributed by atoms with Crippen LogP contribution in [-0.2, 0) is 11.3 Å². The second-order valence-electron chi connectivity index (χ2n) is 5.41. The molecule has 2 aromatic rings. The summed E-state index contributed by atoms with van der Waals surface area (Å²) in [6.07, 6.45) is 0. The zero-order valence-corrected chi connectivity index (χ0v) is 14.0. The Morgan fingerprint density at radius 1 is 1.12 bits per heavy atom. The van der Waals surface area contributed by atoms with E-state index in [0.29, 0.717) is 23.7 Å². The number of carbonyl (C=O) groups excluding carboxylic acids is 1. The molecule has 0 radical (unpaired) electrons. The van der Waals surface area contributed by atoms with E-state index in [-0.39, 0.29) is 18.3 Å². The molecule has 0 saturated carbocycles. The van der Waals surface area contributed by atoms with Gasteiger partial charge in [0.1, 0.15) is 17.3 Å². The molecule has 0 aromatic heterocycles. The van der Waals surface area contributed by atoms with Crippen LogP contribution in [0.15, 0.2) is 42.5 Å². The summed E-state index contributed by atoms with van der Waals surface area (Å²) in [6.45, 7) is 0.747. The van der Waals surface area contributed by atoms with E-state index in [1.807, 2.05) is 30.1 Å².